The summed E-state index contributed by atoms with van der Waals surface area (Å²) >= 11 is 0. The number of ether oxygens (including phenoxy) is 1. The van der Waals surface area contributed by atoms with Crippen molar-refractivity contribution in [2.45, 2.75) is 32.8 Å². The van der Waals surface area contributed by atoms with Gasteiger partial charge in [0.05, 0.1) is 0 Å². The van der Waals surface area contributed by atoms with Gasteiger partial charge >= 0.3 is 0 Å². The molecule has 0 atom stereocenters. The molecule has 1 aromatic rings. The Labute approximate surface area is 96.9 Å². The zero-order valence-corrected chi connectivity index (χ0v) is 10.1. The second-order valence-corrected chi connectivity index (χ2v) is 4.59. The van der Waals surface area contributed by atoms with Gasteiger partial charge in [0.25, 0.3) is 0 Å². The average molecular weight is 218 g/mol. The van der Waals surface area contributed by atoms with E-state index < -0.39 is 0 Å². The molecule has 0 saturated heterocycles. The van der Waals surface area contributed by atoms with Gasteiger partial charge in [-0.15, -0.1) is 0 Å². The van der Waals surface area contributed by atoms with Crippen LogP contribution in [0.5, 0.6) is 5.75 Å². The fourth-order valence-electron chi connectivity index (χ4n) is 1.26. The van der Waals surface area contributed by atoms with Gasteiger partial charge in [-0.3, -0.25) is 0 Å². The van der Waals surface area contributed by atoms with Crippen LogP contribution < -0.4 is 4.74 Å². The third-order valence-electron chi connectivity index (χ3n) is 1.85. The van der Waals surface area contributed by atoms with Crippen molar-refractivity contribution >= 4 is 12.4 Å². The second kappa shape index (κ2) is 5.50. The van der Waals surface area contributed by atoms with Crippen LogP contribution in [-0.4, -0.2) is 11.9 Å². The molecule has 2 heteroatoms. The van der Waals surface area contributed by atoms with Crippen molar-refractivity contribution in [3.63, 3.8) is 0 Å². The topological polar surface area (TPSA) is 26.3 Å². The molecule has 0 heterocycles. The van der Waals surface area contributed by atoms with Crippen LogP contribution in [0.25, 0.3) is 6.08 Å². The van der Waals surface area contributed by atoms with E-state index in [1.54, 1.807) is 0 Å². The van der Waals surface area contributed by atoms with Gasteiger partial charge in [-0.2, -0.15) is 0 Å². The van der Waals surface area contributed by atoms with Crippen molar-refractivity contribution in [2.75, 3.05) is 0 Å². The Hall–Kier alpha value is -1.57. The Morgan fingerprint density at radius 3 is 2.31 bits per heavy atom. The van der Waals surface area contributed by atoms with Gasteiger partial charge in [0.15, 0.2) is 0 Å². The van der Waals surface area contributed by atoms with Gasteiger partial charge in [-0.05, 0) is 38.5 Å². The average Bonchev–Trinajstić information content (AvgIpc) is 2.19. The summed E-state index contributed by atoms with van der Waals surface area (Å²) in [5, 5.41) is 0. The number of carbonyl (C=O) groups excluding carboxylic acids is 1. The zero-order valence-electron chi connectivity index (χ0n) is 10.1. The summed E-state index contributed by atoms with van der Waals surface area (Å²) < 4.78 is 5.70. The van der Waals surface area contributed by atoms with E-state index in [4.69, 9.17) is 4.74 Å². The maximum Gasteiger partial charge on any atom is 0.123 e. The van der Waals surface area contributed by atoms with Crippen LogP contribution in [0.15, 0.2) is 30.3 Å². The number of carbonyl (C=O) groups is 1. The summed E-state index contributed by atoms with van der Waals surface area (Å²) in [6.45, 7) is 6.06. The molecule has 86 valence electrons. The molecule has 0 aliphatic carbocycles. The lowest BCUT2D eigenvalue weighted by Gasteiger charge is -2.21. The lowest BCUT2D eigenvalue weighted by Crippen LogP contribution is -2.22. The zero-order chi connectivity index (χ0) is 12.0. The third-order valence-corrected chi connectivity index (χ3v) is 1.85. The number of hydrogen-bond acceptors (Lipinski definition) is 2. The number of benzene rings is 1. The lowest BCUT2D eigenvalue weighted by atomic mass is 10.1. The van der Waals surface area contributed by atoms with Crippen molar-refractivity contribution in [3.8, 4) is 5.75 Å². The largest absolute Gasteiger partial charge is 0.488 e. The fourth-order valence-corrected chi connectivity index (χ4v) is 1.26. The van der Waals surface area contributed by atoms with Crippen molar-refractivity contribution in [1.29, 1.82) is 0 Å². The van der Waals surface area contributed by atoms with Crippen molar-refractivity contribution in [1.82, 2.24) is 0 Å². The molecule has 0 radical (unpaired) electrons. The summed E-state index contributed by atoms with van der Waals surface area (Å²) in [6, 6.07) is 7.82. The maximum absolute atomic E-state index is 10.1. The van der Waals surface area contributed by atoms with E-state index in [-0.39, 0.29) is 5.60 Å². The normalized spacial score (nSPS) is 11.7. The quantitative estimate of drug-likeness (QED) is 0.723. The summed E-state index contributed by atoms with van der Waals surface area (Å²) in [6.07, 6.45) is 5.11. The highest BCUT2D eigenvalue weighted by molar-refractivity contribution is 5.58. The molecule has 0 aliphatic rings. The molecule has 0 spiro atoms. The van der Waals surface area contributed by atoms with Gasteiger partial charge in [0.1, 0.15) is 17.6 Å². The van der Waals surface area contributed by atoms with E-state index in [2.05, 4.69) is 0 Å². The molecule has 0 unspecified atom stereocenters. The molecule has 2 nitrogen and oxygen atoms in total. The Kier molecular flexibility index (Phi) is 4.29. The number of aldehydes is 1. The second-order valence-electron chi connectivity index (χ2n) is 4.59. The van der Waals surface area contributed by atoms with Crippen LogP contribution in [0.1, 0.15) is 32.8 Å². The summed E-state index contributed by atoms with van der Waals surface area (Å²) in [5.41, 5.74) is 0.901. The van der Waals surface area contributed by atoms with Crippen LogP contribution in [0.4, 0.5) is 0 Å². The smallest absolute Gasteiger partial charge is 0.123 e. The summed E-state index contributed by atoms with van der Waals surface area (Å²) in [7, 11) is 0. The highest BCUT2D eigenvalue weighted by Gasteiger charge is 2.10. The van der Waals surface area contributed by atoms with Crippen LogP contribution in [0.2, 0.25) is 0 Å². The number of hydrogen-bond donors (Lipinski definition) is 0. The Morgan fingerprint density at radius 2 is 1.81 bits per heavy atom. The predicted molar refractivity (Wildman–Crippen MR) is 66.5 cm³/mol. The van der Waals surface area contributed by atoms with Gasteiger partial charge in [0.2, 0.25) is 0 Å². The van der Waals surface area contributed by atoms with E-state index in [0.717, 1.165) is 17.6 Å². The Balaban J connectivity index is 2.64. The van der Waals surface area contributed by atoms with E-state index in [0.29, 0.717) is 6.42 Å². The molecule has 0 amide bonds. The molecule has 0 N–H and O–H groups in total. The Morgan fingerprint density at radius 1 is 1.19 bits per heavy atom. The molecule has 1 rings (SSSR count). The van der Waals surface area contributed by atoms with E-state index in [1.165, 1.54) is 0 Å². The first-order valence-corrected chi connectivity index (χ1v) is 5.40. The molecule has 0 fully saturated rings. The summed E-state index contributed by atoms with van der Waals surface area (Å²) in [5.74, 6) is 0.861. The third kappa shape index (κ3) is 4.78. The maximum atomic E-state index is 10.1. The fraction of sp³-hybridized carbons (Fsp3) is 0.357. The first-order valence-electron chi connectivity index (χ1n) is 5.40. The molecular weight excluding hydrogens is 200 g/mol. The monoisotopic (exact) mass is 218 g/mol. The van der Waals surface area contributed by atoms with E-state index in [9.17, 15) is 4.79 Å². The van der Waals surface area contributed by atoms with Crippen molar-refractivity contribution in [3.05, 3.63) is 35.9 Å². The molecule has 1 aromatic carbocycles. The molecular formula is C14H18O2. The van der Waals surface area contributed by atoms with Gasteiger partial charge in [-0.25, -0.2) is 0 Å². The Bertz CT molecular complexity index is 355. The van der Waals surface area contributed by atoms with Crippen LogP contribution in [0, 0.1) is 0 Å². The highest BCUT2D eigenvalue weighted by Crippen LogP contribution is 2.18. The standard InChI is InChI=1S/C14H18O2/c1-14(2,3)16-13-9-7-12(8-10-13)6-4-5-11-15/h4,6-11H,5H2,1-3H3. The SMILES string of the molecule is CC(C)(C)Oc1ccc(C=CCC=O)cc1. The molecule has 0 saturated carbocycles. The van der Waals surface area contributed by atoms with Crippen LogP contribution in [0.3, 0.4) is 0 Å². The minimum Gasteiger partial charge on any atom is -0.488 e. The van der Waals surface area contributed by atoms with Gasteiger partial charge in [-0.1, -0.05) is 24.3 Å². The predicted octanol–water partition coefficient (Wildman–Crippen LogP) is 3.47. The van der Waals surface area contributed by atoms with Crippen LogP contribution >= 0.6 is 0 Å². The number of rotatable bonds is 4. The molecule has 0 aliphatic heterocycles. The van der Waals surface area contributed by atoms with Gasteiger partial charge < -0.3 is 9.53 Å². The van der Waals surface area contributed by atoms with E-state index in [1.807, 2.05) is 57.2 Å². The summed E-state index contributed by atoms with van der Waals surface area (Å²) in [4.78, 5) is 10.1. The van der Waals surface area contributed by atoms with E-state index >= 15 is 0 Å². The molecule has 0 aromatic heterocycles. The number of allylic oxidation sites excluding steroid dienone is 1. The first kappa shape index (κ1) is 12.5. The van der Waals surface area contributed by atoms with Crippen molar-refractivity contribution in [2.24, 2.45) is 0 Å². The first-order chi connectivity index (χ1) is 7.51. The van der Waals surface area contributed by atoms with Crippen molar-refractivity contribution < 1.29 is 9.53 Å². The highest BCUT2D eigenvalue weighted by atomic mass is 16.5. The molecule has 0 bridgehead atoms. The minimum atomic E-state index is -0.172. The minimum absolute atomic E-state index is 0.172. The van der Waals surface area contributed by atoms with Gasteiger partial charge in [0, 0.05) is 6.42 Å². The lowest BCUT2D eigenvalue weighted by molar-refractivity contribution is -0.107. The molecule has 16 heavy (non-hydrogen) atoms. The van der Waals surface area contributed by atoms with Crippen LogP contribution in [-0.2, 0) is 4.79 Å².